The molecule has 1 atom stereocenters. The number of ether oxygens (including phenoxy) is 1. The van der Waals surface area contributed by atoms with Gasteiger partial charge in [-0.1, -0.05) is 12.1 Å². The van der Waals surface area contributed by atoms with Gasteiger partial charge in [-0.25, -0.2) is 4.98 Å². The monoisotopic (exact) mass is 507 g/mol. The van der Waals surface area contributed by atoms with Crippen molar-refractivity contribution in [3.05, 3.63) is 62.7 Å². The number of carbonyl (C=O) groups excluding carboxylic acids is 2. The Bertz CT molecular complexity index is 1360. The number of nitrogens with one attached hydrogen (secondary N) is 1. The van der Waals surface area contributed by atoms with Crippen molar-refractivity contribution in [1.82, 2.24) is 9.88 Å². The van der Waals surface area contributed by atoms with Gasteiger partial charge >= 0.3 is 0 Å². The van der Waals surface area contributed by atoms with E-state index >= 15 is 0 Å². The second kappa shape index (κ2) is 9.55. The van der Waals surface area contributed by atoms with E-state index in [1.165, 1.54) is 7.11 Å². The van der Waals surface area contributed by atoms with E-state index in [4.69, 9.17) is 9.72 Å². The van der Waals surface area contributed by atoms with Gasteiger partial charge < -0.3 is 25.2 Å². The summed E-state index contributed by atoms with van der Waals surface area (Å²) in [5, 5.41) is 28.7. The van der Waals surface area contributed by atoms with Gasteiger partial charge in [0.15, 0.2) is 10.9 Å². The van der Waals surface area contributed by atoms with E-state index in [-0.39, 0.29) is 45.4 Å². The Morgan fingerprint density at radius 2 is 1.86 bits per heavy atom. The SMILES string of the molecule is COc1cccc2c1C(=O)c1c(O)c3c(c(O)c1C2=O)CC(c1csc(NCCCN(C)C)n1)CC3. The highest BCUT2D eigenvalue weighted by Crippen LogP contribution is 2.48. The molecule has 2 aromatic carbocycles. The number of phenols is 2. The molecule has 1 heterocycles. The maximum atomic E-state index is 13.4. The van der Waals surface area contributed by atoms with Gasteiger partial charge in [-0.3, -0.25) is 9.59 Å². The summed E-state index contributed by atoms with van der Waals surface area (Å²) in [7, 11) is 5.52. The van der Waals surface area contributed by atoms with Crippen LogP contribution in [0.3, 0.4) is 0 Å². The van der Waals surface area contributed by atoms with Gasteiger partial charge in [-0.15, -0.1) is 11.3 Å². The number of fused-ring (bicyclic) bond motifs is 3. The number of thiazole rings is 1. The van der Waals surface area contributed by atoms with Crippen LogP contribution in [0.4, 0.5) is 5.13 Å². The summed E-state index contributed by atoms with van der Waals surface area (Å²) in [4.78, 5) is 33.7. The number of methoxy groups -OCH3 is 1. The summed E-state index contributed by atoms with van der Waals surface area (Å²) in [6, 6.07) is 4.78. The second-order valence-corrected chi connectivity index (χ2v) is 10.4. The van der Waals surface area contributed by atoms with Crippen LogP contribution in [-0.2, 0) is 12.8 Å². The molecule has 2 aliphatic carbocycles. The predicted molar refractivity (Wildman–Crippen MR) is 138 cm³/mol. The topological polar surface area (TPSA) is 112 Å². The number of benzene rings is 2. The molecule has 0 bridgehead atoms. The number of phenolic OH excluding ortho intramolecular Hbond substituents is 2. The van der Waals surface area contributed by atoms with Crippen molar-refractivity contribution in [1.29, 1.82) is 0 Å². The van der Waals surface area contributed by atoms with Crippen molar-refractivity contribution < 1.29 is 24.5 Å². The van der Waals surface area contributed by atoms with Crippen molar-refractivity contribution in [3.8, 4) is 17.2 Å². The van der Waals surface area contributed by atoms with Gasteiger partial charge in [0.2, 0.25) is 5.78 Å². The minimum atomic E-state index is -0.515. The Hall–Kier alpha value is -3.43. The van der Waals surface area contributed by atoms with E-state index in [2.05, 4.69) is 10.2 Å². The van der Waals surface area contributed by atoms with E-state index in [0.717, 1.165) is 30.3 Å². The van der Waals surface area contributed by atoms with Crippen LogP contribution in [-0.4, -0.2) is 66.0 Å². The lowest BCUT2D eigenvalue weighted by Gasteiger charge is -2.29. The summed E-state index contributed by atoms with van der Waals surface area (Å²) >= 11 is 1.55. The zero-order chi connectivity index (χ0) is 25.6. The molecule has 36 heavy (non-hydrogen) atoms. The molecule has 0 fully saturated rings. The molecule has 0 radical (unpaired) electrons. The lowest BCUT2D eigenvalue weighted by Crippen LogP contribution is -2.25. The maximum Gasteiger partial charge on any atom is 0.202 e. The summed E-state index contributed by atoms with van der Waals surface area (Å²) in [5.41, 5.74) is 1.99. The lowest BCUT2D eigenvalue weighted by molar-refractivity contribution is 0.0971. The van der Waals surface area contributed by atoms with Crippen LogP contribution < -0.4 is 10.1 Å². The number of carbonyl (C=O) groups is 2. The molecule has 8 nitrogen and oxygen atoms in total. The van der Waals surface area contributed by atoms with Gasteiger partial charge in [-0.05, 0) is 52.4 Å². The average Bonchev–Trinajstić information content (AvgIpc) is 3.35. The number of rotatable bonds is 7. The zero-order valence-electron chi connectivity index (χ0n) is 20.6. The predicted octanol–water partition coefficient (Wildman–Crippen LogP) is 3.97. The smallest absolute Gasteiger partial charge is 0.202 e. The largest absolute Gasteiger partial charge is 0.507 e. The van der Waals surface area contributed by atoms with Crippen LogP contribution in [0.5, 0.6) is 17.2 Å². The highest BCUT2D eigenvalue weighted by atomic mass is 32.1. The second-order valence-electron chi connectivity index (χ2n) is 9.55. The van der Waals surface area contributed by atoms with Crippen molar-refractivity contribution in [3.63, 3.8) is 0 Å². The molecule has 2 aliphatic rings. The minimum Gasteiger partial charge on any atom is -0.507 e. The van der Waals surface area contributed by atoms with Crippen molar-refractivity contribution in [2.24, 2.45) is 0 Å². The Kier molecular flexibility index (Phi) is 6.44. The molecule has 0 saturated heterocycles. The van der Waals surface area contributed by atoms with Crippen LogP contribution in [0.25, 0.3) is 0 Å². The third-order valence-corrected chi connectivity index (χ3v) is 7.84. The number of aromatic nitrogens is 1. The number of aromatic hydroxyl groups is 2. The van der Waals surface area contributed by atoms with Gasteiger partial charge in [-0.2, -0.15) is 0 Å². The van der Waals surface area contributed by atoms with Crippen LogP contribution in [0, 0.1) is 0 Å². The Morgan fingerprint density at radius 1 is 1.11 bits per heavy atom. The van der Waals surface area contributed by atoms with Gasteiger partial charge in [0.25, 0.3) is 0 Å². The van der Waals surface area contributed by atoms with Gasteiger partial charge in [0, 0.05) is 34.5 Å². The molecule has 1 aromatic heterocycles. The first-order valence-corrected chi connectivity index (χ1v) is 12.9. The fraction of sp³-hybridized carbons (Fsp3) is 0.370. The third-order valence-electron chi connectivity index (χ3n) is 7.02. The highest BCUT2D eigenvalue weighted by Gasteiger charge is 2.40. The third kappa shape index (κ3) is 4.02. The number of hydrogen-bond donors (Lipinski definition) is 3. The molecule has 9 heteroatoms. The first kappa shape index (κ1) is 24.3. The molecule has 0 amide bonds. The minimum absolute atomic E-state index is 0.0381. The summed E-state index contributed by atoms with van der Waals surface area (Å²) in [6.07, 6.45) is 2.62. The summed E-state index contributed by atoms with van der Waals surface area (Å²) in [5.74, 6) is -1.13. The van der Waals surface area contributed by atoms with E-state index < -0.39 is 11.6 Å². The van der Waals surface area contributed by atoms with Crippen molar-refractivity contribution in [2.45, 2.75) is 31.6 Å². The molecule has 0 spiro atoms. The first-order valence-electron chi connectivity index (χ1n) is 12.0. The van der Waals surface area contributed by atoms with Gasteiger partial charge in [0.05, 0.1) is 29.5 Å². The Morgan fingerprint density at radius 3 is 2.61 bits per heavy atom. The Balaban J connectivity index is 1.45. The molecular weight excluding hydrogens is 478 g/mol. The van der Waals surface area contributed by atoms with E-state index in [9.17, 15) is 19.8 Å². The lowest BCUT2D eigenvalue weighted by atomic mass is 9.75. The fourth-order valence-corrected chi connectivity index (χ4v) is 6.03. The zero-order valence-corrected chi connectivity index (χ0v) is 21.4. The molecule has 1 unspecified atom stereocenters. The molecule has 0 saturated carbocycles. The molecule has 3 N–H and O–H groups in total. The fourth-order valence-electron chi connectivity index (χ4n) is 5.21. The van der Waals surface area contributed by atoms with E-state index in [1.54, 1.807) is 29.5 Å². The van der Waals surface area contributed by atoms with Crippen molar-refractivity contribution in [2.75, 3.05) is 39.6 Å². The standard InChI is InChI=1S/C27H29N3O5S/c1-30(2)11-5-10-28-27-29-18(13-36-27)14-8-9-15-17(12-14)25(33)21-22(23(15)31)26(34)20-16(24(21)32)6-4-7-19(20)35-3/h4,6-7,13-14,31,33H,5,8-12H2,1-3H3,(H,28,29). The summed E-state index contributed by atoms with van der Waals surface area (Å²) in [6.45, 7) is 1.83. The van der Waals surface area contributed by atoms with E-state index in [0.29, 0.717) is 30.4 Å². The molecule has 3 aromatic rings. The quantitative estimate of drug-likeness (QED) is 0.254. The van der Waals surface area contributed by atoms with Crippen LogP contribution in [0.1, 0.15) is 67.4 Å². The Labute approximate surface area is 213 Å². The number of hydrogen-bond acceptors (Lipinski definition) is 9. The number of nitrogens with zero attached hydrogens (tertiary/aromatic N) is 2. The van der Waals surface area contributed by atoms with Crippen LogP contribution in [0.2, 0.25) is 0 Å². The molecule has 188 valence electrons. The maximum absolute atomic E-state index is 13.4. The molecular formula is C27H29N3O5S. The highest BCUT2D eigenvalue weighted by molar-refractivity contribution is 7.13. The van der Waals surface area contributed by atoms with E-state index in [1.807, 2.05) is 19.5 Å². The number of ketones is 2. The molecule has 5 rings (SSSR count). The first-order chi connectivity index (χ1) is 17.3. The number of anilines is 1. The van der Waals surface area contributed by atoms with Crippen molar-refractivity contribution >= 4 is 28.0 Å². The summed E-state index contributed by atoms with van der Waals surface area (Å²) < 4.78 is 5.31. The average molecular weight is 508 g/mol. The molecule has 0 aliphatic heterocycles. The van der Waals surface area contributed by atoms with Crippen LogP contribution in [0.15, 0.2) is 23.6 Å². The van der Waals surface area contributed by atoms with Gasteiger partial charge in [0.1, 0.15) is 17.2 Å². The normalized spacial score (nSPS) is 16.5. The van der Waals surface area contributed by atoms with Crippen LogP contribution >= 0.6 is 11.3 Å².